The highest BCUT2D eigenvalue weighted by Gasteiger charge is 2.21. The van der Waals surface area contributed by atoms with Gasteiger partial charge in [-0.05, 0) is 32.8 Å². The molecule has 0 spiro atoms. The Labute approximate surface area is 150 Å². The second-order valence-electron chi connectivity index (χ2n) is 6.71. The van der Waals surface area contributed by atoms with Gasteiger partial charge in [0.2, 0.25) is 5.91 Å². The van der Waals surface area contributed by atoms with Crippen LogP contribution in [0.3, 0.4) is 0 Å². The molecule has 1 N–H and O–H groups in total. The Morgan fingerprint density at radius 2 is 1.88 bits per heavy atom. The first-order valence-electron chi connectivity index (χ1n) is 9.33. The summed E-state index contributed by atoms with van der Waals surface area (Å²) in [5, 5.41) is 7.35. The third kappa shape index (κ3) is 5.76. The van der Waals surface area contributed by atoms with Crippen LogP contribution in [-0.2, 0) is 11.3 Å². The van der Waals surface area contributed by atoms with Crippen LogP contribution in [0.1, 0.15) is 44.0 Å². The fourth-order valence-corrected chi connectivity index (χ4v) is 3.11. The average Bonchev–Trinajstić information content (AvgIpc) is 2.78. The summed E-state index contributed by atoms with van der Waals surface area (Å²) in [6.07, 6.45) is 3.34. The predicted molar refractivity (Wildman–Crippen MR) is 97.4 cm³/mol. The minimum absolute atomic E-state index is 0.00890. The summed E-state index contributed by atoms with van der Waals surface area (Å²) >= 11 is 0. The minimum atomic E-state index is -0.00890. The SMILES string of the molecule is CCCCNC(=O)N1CCCN(C(=O)CCn2nc(C)cc2C)CC1. The number of rotatable bonds is 6. The summed E-state index contributed by atoms with van der Waals surface area (Å²) in [6.45, 7) is 10.0. The number of nitrogens with zero attached hydrogens (tertiary/aromatic N) is 4. The Hall–Kier alpha value is -2.05. The molecule has 0 aromatic carbocycles. The van der Waals surface area contributed by atoms with Crippen LogP contribution in [0.4, 0.5) is 4.79 Å². The van der Waals surface area contributed by atoms with E-state index >= 15 is 0 Å². The van der Waals surface area contributed by atoms with Gasteiger partial charge in [0.15, 0.2) is 0 Å². The number of hydrogen-bond donors (Lipinski definition) is 1. The van der Waals surface area contributed by atoms with Crippen molar-refractivity contribution < 1.29 is 9.59 Å². The molecule has 1 aliphatic rings. The average molecular weight is 349 g/mol. The van der Waals surface area contributed by atoms with Crippen LogP contribution < -0.4 is 5.32 Å². The number of aromatic nitrogens is 2. The lowest BCUT2D eigenvalue weighted by atomic mass is 10.3. The standard InChI is InChI=1S/C18H31N5O2/c1-4-5-8-19-18(25)22-10-6-9-21(12-13-22)17(24)7-11-23-16(3)14-15(2)20-23/h14H,4-13H2,1-3H3,(H,19,25). The van der Waals surface area contributed by atoms with Gasteiger partial charge in [-0.3, -0.25) is 9.48 Å². The summed E-state index contributed by atoms with van der Waals surface area (Å²) in [4.78, 5) is 28.4. The Morgan fingerprint density at radius 3 is 2.56 bits per heavy atom. The summed E-state index contributed by atoms with van der Waals surface area (Å²) < 4.78 is 1.89. The highest BCUT2D eigenvalue weighted by atomic mass is 16.2. The maximum Gasteiger partial charge on any atom is 0.317 e. The quantitative estimate of drug-likeness (QED) is 0.798. The molecule has 7 heteroatoms. The van der Waals surface area contributed by atoms with Crippen molar-refractivity contribution in [1.82, 2.24) is 24.9 Å². The molecule has 25 heavy (non-hydrogen) atoms. The molecule has 1 aromatic heterocycles. The first-order chi connectivity index (χ1) is 12.0. The van der Waals surface area contributed by atoms with Crippen molar-refractivity contribution in [2.45, 2.75) is 53.0 Å². The van der Waals surface area contributed by atoms with Gasteiger partial charge in [0.05, 0.1) is 5.69 Å². The second-order valence-corrected chi connectivity index (χ2v) is 6.71. The van der Waals surface area contributed by atoms with Gasteiger partial charge in [-0.1, -0.05) is 13.3 Å². The molecule has 0 atom stereocenters. The van der Waals surface area contributed by atoms with Crippen LogP contribution in [0.15, 0.2) is 6.07 Å². The van der Waals surface area contributed by atoms with E-state index in [2.05, 4.69) is 17.3 Å². The topological polar surface area (TPSA) is 70.5 Å². The lowest BCUT2D eigenvalue weighted by Crippen LogP contribution is -2.43. The van der Waals surface area contributed by atoms with Gasteiger partial charge in [-0.15, -0.1) is 0 Å². The molecule has 2 heterocycles. The second kappa shape index (κ2) is 9.44. The van der Waals surface area contributed by atoms with Gasteiger partial charge < -0.3 is 15.1 Å². The zero-order valence-electron chi connectivity index (χ0n) is 15.8. The number of nitrogens with one attached hydrogen (secondary N) is 1. The van der Waals surface area contributed by atoms with Crippen LogP contribution in [-0.4, -0.2) is 64.2 Å². The van der Waals surface area contributed by atoms with Crippen molar-refractivity contribution in [3.05, 3.63) is 17.5 Å². The molecule has 1 aromatic rings. The molecule has 1 fully saturated rings. The molecule has 0 radical (unpaired) electrons. The molecule has 1 aliphatic heterocycles. The first kappa shape index (κ1) is 19.3. The summed E-state index contributed by atoms with van der Waals surface area (Å²) in [6, 6.07) is 2.01. The van der Waals surface area contributed by atoms with Crippen LogP contribution in [0.5, 0.6) is 0 Å². The van der Waals surface area contributed by atoms with Crippen molar-refractivity contribution >= 4 is 11.9 Å². The molecular formula is C18H31N5O2. The van der Waals surface area contributed by atoms with Crippen molar-refractivity contribution in [3.63, 3.8) is 0 Å². The molecule has 0 bridgehead atoms. The maximum atomic E-state index is 12.5. The van der Waals surface area contributed by atoms with E-state index in [1.165, 1.54) is 0 Å². The zero-order valence-corrected chi connectivity index (χ0v) is 15.8. The van der Waals surface area contributed by atoms with E-state index < -0.39 is 0 Å². The lowest BCUT2D eigenvalue weighted by Gasteiger charge is -2.22. The smallest absolute Gasteiger partial charge is 0.317 e. The van der Waals surface area contributed by atoms with Gasteiger partial charge in [0, 0.05) is 51.4 Å². The van der Waals surface area contributed by atoms with Crippen molar-refractivity contribution in [1.29, 1.82) is 0 Å². The van der Waals surface area contributed by atoms with Gasteiger partial charge >= 0.3 is 6.03 Å². The molecule has 0 saturated carbocycles. The largest absolute Gasteiger partial charge is 0.341 e. The van der Waals surface area contributed by atoms with E-state index in [9.17, 15) is 9.59 Å². The Kier molecular flexibility index (Phi) is 7.28. The number of carbonyl (C=O) groups excluding carboxylic acids is 2. The third-order valence-electron chi connectivity index (χ3n) is 4.58. The van der Waals surface area contributed by atoms with Crippen molar-refractivity contribution in [2.75, 3.05) is 32.7 Å². The van der Waals surface area contributed by atoms with Crippen LogP contribution in [0.25, 0.3) is 0 Å². The van der Waals surface area contributed by atoms with Gasteiger partial charge in [0.25, 0.3) is 0 Å². The first-order valence-corrected chi connectivity index (χ1v) is 9.33. The van der Waals surface area contributed by atoms with Crippen molar-refractivity contribution in [3.8, 4) is 0 Å². The summed E-state index contributed by atoms with van der Waals surface area (Å²) in [5.74, 6) is 0.140. The molecule has 1 saturated heterocycles. The fraction of sp³-hybridized carbons (Fsp3) is 0.722. The molecule has 0 aliphatic carbocycles. The summed E-state index contributed by atoms with van der Waals surface area (Å²) in [5.41, 5.74) is 2.06. The number of unbranched alkanes of at least 4 members (excludes halogenated alkanes) is 1. The minimum Gasteiger partial charge on any atom is -0.341 e. The van der Waals surface area contributed by atoms with E-state index in [0.29, 0.717) is 39.1 Å². The van der Waals surface area contributed by atoms with E-state index in [4.69, 9.17) is 0 Å². The number of hydrogen-bond acceptors (Lipinski definition) is 3. The molecular weight excluding hydrogens is 318 g/mol. The van der Waals surface area contributed by atoms with Crippen LogP contribution >= 0.6 is 0 Å². The van der Waals surface area contributed by atoms with E-state index in [0.717, 1.165) is 37.2 Å². The molecule has 0 unspecified atom stereocenters. The number of aryl methyl sites for hydroxylation is 3. The van der Waals surface area contributed by atoms with Crippen LogP contribution in [0.2, 0.25) is 0 Å². The fourth-order valence-electron chi connectivity index (χ4n) is 3.11. The van der Waals surface area contributed by atoms with E-state index in [1.54, 1.807) is 0 Å². The van der Waals surface area contributed by atoms with Gasteiger partial charge in [-0.2, -0.15) is 5.10 Å². The van der Waals surface area contributed by atoms with E-state index in [-0.39, 0.29) is 11.9 Å². The molecule has 7 nitrogen and oxygen atoms in total. The number of urea groups is 1. The van der Waals surface area contributed by atoms with Crippen LogP contribution in [0, 0.1) is 13.8 Å². The van der Waals surface area contributed by atoms with Gasteiger partial charge in [0.1, 0.15) is 0 Å². The van der Waals surface area contributed by atoms with E-state index in [1.807, 2.05) is 34.4 Å². The Morgan fingerprint density at radius 1 is 1.16 bits per heavy atom. The normalized spacial score (nSPS) is 15.2. The maximum absolute atomic E-state index is 12.5. The number of amides is 3. The predicted octanol–water partition coefficient (Wildman–Crippen LogP) is 1.93. The highest BCUT2D eigenvalue weighted by Crippen LogP contribution is 2.08. The zero-order chi connectivity index (χ0) is 18.2. The van der Waals surface area contributed by atoms with Crippen molar-refractivity contribution in [2.24, 2.45) is 0 Å². The Bertz CT molecular complexity index is 584. The third-order valence-corrected chi connectivity index (χ3v) is 4.58. The number of carbonyl (C=O) groups is 2. The monoisotopic (exact) mass is 349 g/mol. The van der Waals surface area contributed by atoms with Gasteiger partial charge in [-0.25, -0.2) is 4.79 Å². The Balaban J connectivity index is 1.78. The summed E-state index contributed by atoms with van der Waals surface area (Å²) in [7, 11) is 0. The molecule has 140 valence electrons. The molecule has 2 rings (SSSR count). The highest BCUT2D eigenvalue weighted by molar-refractivity contribution is 5.77. The molecule has 3 amide bonds. The lowest BCUT2D eigenvalue weighted by molar-refractivity contribution is -0.131.